The van der Waals surface area contributed by atoms with E-state index in [9.17, 15) is 0 Å². The highest BCUT2D eigenvalue weighted by Crippen LogP contribution is 2.22. The molecule has 1 rings (SSSR count). The first-order valence-corrected chi connectivity index (χ1v) is 7.08. The Bertz CT molecular complexity index is 352. The summed E-state index contributed by atoms with van der Waals surface area (Å²) < 4.78 is 5.36. The normalized spacial score (nSPS) is 12.8. The second kappa shape index (κ2) is 6.92. The number of hydrogen-bond donors (Lipinski definition) is 1. The largest absolute Gasteiger partial charge is 0.496 e. The number of benzene rings is 1. The molecule has 0 spiro atoms. The first-order valence-electron chi connectivity index (χ1n) is 6.03. The molecule has 96 valence electrons. The fourth-order valence-electron chi connectivity index (χ4n) is 1.72. The minimum Gasteiger partial charge on any atom is -0.496 e. The van der Waals surface area contributed by atoms with E-state index in [4.69, 9.17) is 10.5 Å². The van der Waals surface area contributed by atoms with Crippen molar-refractivity contribution in [1.82, 2.24) is 0 Å². The number of rotatable bonds is 6. The van der Waals surface area contributed by atoms with Crippen LogP contribution in [0.25, 0.3) is 0 Å². The van der Waals surface area contributed by atoms with Gasteiger partial charge in [-0.15, -0.1) is 0 Å². The zero-order valence-electron chi connectivity index (χ0n) is 11.2. The Morgan fingerprint density at radius 2 is 2.06 bits per heavy atom. The lowest BCUT2D eigenvalue weighted by Crippen LogP contribution is -2.26. The highest BCUT2D eigenvalue weighted by molar-refractivity contribution is 7.99. The van der Waals surface area contributed by atoms with Crippen molar-refractivity contribution in [2.45, 2.75) is 38.5 Å². The molecule has 2 nitrogen and oxygen atoms in total. The van der Waals surface area contributed by atoms with Crippen LogP contribution >= 0.6 is 11.8 Å². The van der Waals surface area contributed by atoms with Crippen LogP contribution < -0.4 is 10.5 Å². The molecule has 2 N–H and O–H groups in total. The summed E-state index contributed by atoms with van der Waals surface area (Å²) in [6.07, 6.45) is 0.880. The third kappa shape index (κ3) is 5.00. The topological polar surface area (TPSA) is 35.2 Å². The Morgan fingerprint density at radius 1 is 1.35 bits per heavy atom. The molecule has 1 aromatic carbocycles. The van der Waals surface area contributed by atoms with Crippen LogP contribution in [-0.4, -0.2) is 24.2 Å². The van der Waals surface area contributed by atoms with E-state index in [-0.39, 0.29) is 6.04 Å². The van der Waals surface area contributed by atoms with Gasteiger partial charge in [-0.25, -0.2) is 0 Å². The van der Waals surface area contributed by atoms with Gasteiger partial charge in [0, 0.05) is 11.8 Å². The standard InChI is InChI=1S/C14H23NOS/c1-10(2)17-9-13(15)8-12-7-11(3)5-6-14(12)16-4/h5-7,10,13H,8-9,15H2,1-4H3. The van der Waals surface area contributed by atoms with Crippen molar-refractivity contribution in [3.63, 3.8) is 0 Å². The first kappa shape index (κ1) is 14.4. The Hall–Kier alpha value is -0.670. The summed E-state index contributed by atoms with van der Waals surface area (Å²) in [5.41, 5.74) is 8.62. The SMILES string of the molecule is COc1ccc(C)cc1CC(N)CSC(C)C. The molecule has 0 amide bonds. The molecule has 3 heteroatoms. The monoisotopic (exact) mass is 253 g/mol. The maximum atomic E-state index is 6.15. The number of thioether (sulfide) groups is 1. The van der Waals surface area contributed by atoms with Gasteiger partial charge in [-0.2, -0.15) is 11.8 Å². The van der Waals surface area contributed by atoms with Crippen LogP contribution in [0.4, 0.5) is 0 Å². The Kier molecular flexibility index (Phi) is 5.86. The van der Waals surface area contributed by atoms with Gasteiger partial charge in [0.1, 0.15) is 5.75 Å². The predicted molar refractivity (Wildman–Crippen MR) is 77.0 cm³/mol. The summed E-state index contributed by atoms with van der Waals surface area (Å²) in [7, 11) is 1.71. The summed E-state index contributed by atoms with van der Waals surface area (Å²) in [6, 6.07) is 6.45. The van der Waals surface area contributed by atoms with Crippen LogP contribution in [0.2, 0.25) is 0 Å². The molecule has 1 atom stereocenters. The van der Waals surface area contributed by atoms with Crippen molar-refractivity contribution in [2.24, 2.45) is 5.73 Å². The summed E-state index contributed by atoms with van der Waals surface area (Å²) in [4.78, 5) is 0. The summed E-state index contributed by atoms with van der Waals surface area (Å²) >= 11 is 1.91. The summed E-state index contributed by atoms with van der Waals surface area (Å²) in [5.74, 6) is 1.94. The highest BCUT2D eigenvalue weighted by atomic mass is 32.2. The van der Waals surface area contributed by atoms with Gasteiger partial charge >= 0.3 is 0 Å². The molecule has 0 radical (unpaired) electrons. The molecule has 0 bridgehead atoms. The minimum atomic E-state index is 0.193. The van der Waals surface area contributed by atoms with E-state index in [1.54, 1.807) is 7.11 Å². The van der Waals surface area contributed by atoms with E-state index >= 15 is 0 Å². The fraction of sp³-hybridized carbons (Fsp3) is 0.571. The molecular weight excluding hydrogens is 230 g/mol. The van der Waals surface area contributed by atoms with Gasteiger partial charge in [0.05, 0.1) is 7.11 Å². The quantitative estimate of drug-likeness (QED) is 0.846. The molecule has 0 aromatic heterocycles. The summed E-state index contributed by atoms with van der Waals surface area (Å²) in [6.45, 7) is 6.49. The average Bonchev–Trinajstić information content (AvgIpc) is 2.27. The Balaban J connectivity index is 2.63. The number of nitrogens with two attached hydrogens (primary N) is 1. The third-order valence-electron chi connectivity index (χ3n) is 2.56. The summed E-state index contributed by atoms with van der Waals surface area (Å²) in [5, 5.41) is 0.639. The van der Waals surface area contributed by atoms with Gasteiger partial charge in [0.2, 0.25) is 0 Å². The van der Waals surface area contributed by atoms with Crippen molar-refractivity contribution in [1.29, 1.82) is 0 Å². The number of aryl methyl sites for hydroxylation is 1. The van der Waals surface area contributed by atoms with E-state index in [1.165, 1.54) is 11.1 Å². The van der Waals surface area contributed by atoms with Crippen molar-refractivity contribution in [3.05, 3.63) is 29.3 Å². The molecule has 0 fully saturated rings. The van der Waals surface area contributed by atoms with Crippen molar-refractivity contribution >= 4 is 11.8 Å². The van der Waals surface area contributed by atoms with Crippen molar-refractivity contribution < 1.29 is 4.74 Å². The second-order valence-electron chi connectivity index (χ2n) is 4.66. The van der Waals surface area contributed by atoms with Crippen LogP contribution in [-0.2, 0) is 6.42 Å². The lowest BCUT2D eigenvalue weighted by Gasteiger charge is -2.15. The van der Waals surface area contributed by atoms with E-state index in [0.717, 1.165) is 17.9 Å². The maximum absolute atomic E-state index is 6.15. The lowest BCUT2D eigenvalue weighted by molar-refractivity contribution is 0.408. The molecule has 0 saturated heterocycles. The molecule has 0 saturated carbocycles. The van der Waals surface area contributed by atoms with Crippen LogP contribution in [0.3, 0.4) is 0 Å². The van der Waals surface area contributed by atoms with Gasteiger partial charge in [0.15, 0.2) is 0 Å². The number of hydrogen-bond acceptors (Lipinski definition) is 3. The Labute approximate surface area is 109 Å². The molecule has 0 aliphatic heterocycles. The lowest BCUT2D eigenvalue weighted by atomic mass is 10.0. The maximum Gasteiger partial charge on any atom is 0.122 e. The smallest absolute Gasteiger partial charge is 0.122 e. The van der Waals surface area contributed by atoms with E-state index in [0.29, 0.717) is 5.25 Å². The number of methoxy groups -OCH3 is 1. The van der Waals surface area contributed by atoms with Crippen molar-refractivity contribution in [2.75, 3.05) is 12.9 Å². The predicted octanol–water partition coefficient (Wildman–Crippen LogP) is 3.02. The van der Waals surface area contributed by atoms with Crippen LogP contribution in [0, 0.1) is 6.92 Å². The van der Waals surface area contributed by atoms with Crippen molar-refractivity contribution in [3.8, 4) is 5.75 Å². The highest BCUT2D eigenvalue weighted by Gasteiger charge is 2.10. The minimum absolute atomic E-state index is 0.193. The average molecular weight is 253 g/mol. The molecule has 0 aliphatic carbocycles. The zero-order chi connectivity index (χ0) is 12.8. The van der Waals surface area contributed by atoms with Gasteiger partial charge in [-0.05, 0) is 30.2 Å². The van der Waals surface area contributed by atoms with E-state index < -0.39 is 0 Å². The van der Waals surface area contributed by atoms with E-state index in [1.807, 2.05) is 17.8 Å². The molecule has 17 heavy (non-hydrogen) atoms. The van der Waals surface area contributed by atoms with Crippen LogP contribution in [0.1, 0.15) is 25.0 Å². The molecule has 1 unspecified atom stereocenters. The zero-order valence-corrected chi connectivity index (χ0v) is 12.0. The molecule has 0 heterocycles. The van der Waals surface area contributed by atoms with E-state index in [2.05, 4.69) is 32.9 Å². The van der Waals surface area contributed by atoms with Crippen LogP contribution in [0.15, 0.2) is 18.2 Å². The molecule has 1 aromatic rings. The van der Waals surface area contributed by atoms with Gasteiger partial charge in [0.25, 0.3) is 0 Å². The number of ether oxygens (including phenoxy) is 1. The molecular formula is C14H23NOS. The van der Waals surface area contributed by atoms with Gasteiger partial charge in [-0.1, -0.05) is 31.5 Å². The fourth-order valence-corrected chi connectivity index (χ4v) is 2.47. The van der Waals surface area contributed by atoms with Gasteiger partial charge < -0.3 is 10.5 Å². The first-order chi connectivity index (χ1) is 8.02. The Morgan fingerprint density at radius 3 is 2.65 bits per heavy atom. The second-order valence-corrected chi connectivity index (χ2v) is 6.27. The third-order valence-corrected chi connectivity index (χ3v) is 3.85. The van der Waals surface area contributed by atoms with Gasteiger partial charge in [-0.3, -0.25) is 0 Å². The molecule has 0 aliphatic rings. The van der Waals surface area contributed by atoms with Crippen LogP contribution in [0.5, 0.6) is 5.75 Å².